The minimum absolute atomic E-state index is 0.960. The fourth-order valence-electron chi connectivity index (χ4n) is 8.92. The topological polar surface area (TPSA) is 35.6 Å². The Bertz CT molecular complexity index is 3320. The van der Waals surface area contributed by atoms with Gasteiger partial charge in [0, 0.05) is 61.8 Å². The van der Waals surface area contributed by atoms with Crippen LogP contribution in [0.25, 0.3) is 111 Å². The Labute approximate surface area is 310 Å². The second-order valence-electron chi connectivity index (χ2n) is 14.2. The summed E-state index contributed by atoms with van der Waals surface area (Å²) in [5.74, 6) is 0. The average Bonchev–Trinajstić information content (AvgIpc) is 3.87. The van der Waals surface area contributed by atoms with Crippen LogP contribution in [-0.2, 0) is 0 Å². The predicted molar refractivity (Wildman–Crippen MR) is 224 cm³/mol. The normalized spacial score (nSPS) is 12.1. The summed E-state index contributed by atoms with van der Waals surface area (Å²) in [6, 6.07) is 61.6. The average molecular weight is 687 g/mol. The molecule has 0 saturated carbocycles. The van der Waals surface area contributed by atoms with Crippen molar-refractivity contribution in [2.45, 2.75) is 0 Å². The number of hydrogen-bond acceptors (Lipinski definition) is 2. The number of hydrogen-bond donors (Lipinski definition) is 0. The van der Waals surface area contributed by atoms with E-state index in [-0.39, 0.29) is 0 Å². The minimum Gasteiger partial charge on any atom is -0.309 e. The van der Waals surface area contributed by atoms with Gasteiger partial charge in [0.1, 0.15) is 0 Å². The molecular formula is C50H30N4. The van der Waals surface area contributed by atoms with E-state index in [1.54, 1.807) is 0 Å². The molecule has 0 unspecified atom stereocenters. The second kappa shape index (κ2) is 11.1. The first-order chi connectivity index (χ1) is 26.8. The molecule has 0 fully saturated rings. The zero-order chi connectivity index (χ0) is 35.3. The van der Waals surface area contributed by atoms with Crippen molar-refractivity contribution in [3.05, 3.63) is 182 Å². The van der Waals surface area contributed by atoms with E-state index in [9.17, 15) is 0 Å². The van der Waals surface area contributed by atoms with Crippen LogP contribution < -0.4 is 0 Å². The van der Waals surface area contributed by atoms with Crippen molar-refractivity contribution in [3.63, 3.8) is 0 Å². The van der Waals surface area contributed by atoms with E-state index in [1.165, 1.54) is 76.8 Å². The molecule has 0 atom stereocenters. The quantitative estimate of drug-likeness (QED) is 0.185. The lowest BCUT2D eigenvalue weighted by Crippen LogP contribution is -1.94. The molecule has 0 amide bonds. The first-order valence-electron chi connectivity index (χ1n) is 18.4. The molecule has 12 rings (SSSR count). The van der Waals surface area contributed by atoms with Crippen LogP contribution in [0.5, 0.6) is 0 Å². The molecule has 0 spiro atoms. The Morgan fingerprint density at radius 3 is 1.76 bits per heavy atom. The molecule has 54 heavy (non-hydrogen) atoms. The van der Waals surface area contributed by atoms with Gasteiger partial charge in [0.25, 0.3) is 0 Å². The molecule has 0 saturated heterocycles. The molecule has 0 bridgehead atoms. The number of para-hydroxylation sites is 3. The number of aromatic nitrogens is 4. The van der Waals surface area contributed by atoms with Crippen LogP contribution >= 0.6 is 0 Å². The maximum Gasteiger partial charge on any atom is 0.0815 e. The maximum absolute atomic E-state index is 5.32. The van der Waals surface area contributed by atoms with Crippen LogP contribution in [0.4, 0.5) is 0 Å². The Morgan fingerprint density at radius 1 is 0.389 bits per heavy atom. The molecule has 7 aromatic carbocycles. The molecule has 0 N–H and O–H groups in total. The number of fused-ring (bicyclic) bond motifs is 9. The van der Waals surface area contributed by atoms with Gasteiger partial charge in [0.15, 0.2) is 0 Å². The van der Waals surface area contributed by atoms with Crippen molar-refractivity contribution >= 4 is 54.4 Å². The summed E-state index contributed by atoms with van der Waals surface area (Å²) in [7, 11) is 0. The number of nitrogens with zero attached hydrogens (tertiary/aromatic N) is 4. The Morgan fingerprint density at radius 2 is 1.02 bits per heavy atom. The predicted octanol–water partition coefficient (Wildman–Crippen LogP) is 12.8. The highest BCUT2D eigenvalue weighted by Crippen LogP contribution is 2.47. The van der Waals surface area contributed by atoms with E-state index in [1.807, 2.05) is 12.4 Å². The molecule has 4 heterocycles. The highest BCUT2D eigenvalue weighted by Gasteiger charge is 2.24. The molecule has 4 nitrogen and oxygen atoms in total. The fourth-order valence-corrected chi connectivity index (χ4v) is 8.92. The minimum atomic E-state index is 0.960. The first-order valence-corrected chi connectivity index (χ1v) is 18.4. The van der Waals surface area contributed by atoms with Crippen molar-refractivity contribution < 1.29 is 0 Å². The highest BCUT2D eigenvalue weighted by molar-refractivity contribution is 6.16. The third-order valence-electron chi connectivity index (χ3n) is 11.3. The van der Waals surface area contributed by atoms with Crippen molar-refractivity contribution in [2.75, 3.05) is 0 Å². The molecule has 1 aliphatic rings. The third-order valence-corrected chi connectivity index (χ3v) is 11.3. The maximum atomic E-state index is 5.32. The van der Waals surface area contributed by atoms with Crippen LogP contribution in [0.1, 0.15) is 0 Å². The van der Waals surface area contributed by atoms with E-state index in [4.69, 9.17) is 4.98 Å². The highest BCUT2D eigenvalue weighted by atomic mass is 15.0. The molecule has 1 aliphatic carbocycles. The van der Waals surface area contributed by atoms with Gasteiger partial charge in [-0.3, -0.25) is 4.98 Å². The molecule has 0 radical (unpaired) electrons. The SMILES string of the molecule is c1ccc(-n2c3ccccc3c3cc(-c4ccc5c(c4)c4ccc(-c6cc7cccc8c7c(n6)-c6cnccc6-8)cc4n5-c4ccccc4)ccc32)cc1. The van der Waals surface area contributed by atoms with Gasteiger partial charge in [0.2, 0.25) is 0 Å². The summed E-state index contributed by atoms with van der Waals surface area (Å²) in [5, 5.41) is 7.34. The van der Waals surface area contributed by atoms with E-state index in [2.05, 4.69) is 184 Å². The van der Waals surface area contributed by atoms with Gasteiger partial charge < -0.3 is 9.13 Å². The number of benzene rings is 7. The van der Waals surface area contributed by atoms with Gasteiger partial charge in [-0.1, -0.05) is 97.1 Å². The van der Waals surface area contributed by atoms with Gasteiger partial charge in [-0.05, 0) is 100 Å². The summed E-state index contributed by atoms with van der Waals surface area (Å²) in [6.07, 6.45) is 3.82. The van der Waals surface area contributed by atoms with Crippen LogP contribution in [0, 0.1) is 0 Å². The number of rotatable bonds is 4. The molecule has 11 aromatic rings. The van der Waals surface area contributed by atoms with Crippen LogP contribution in [0.15, 0.2) is 182 Å². The summed E-state index contributed by atoms with van der Waals surface area (Å²) in [4.78, 5) is 9.78. The lowest BCUT2D eigenvalue weighted by Gasteiger charge is -2.10. The van der Waals surface area contributed by atoms with Crippen molar-refractivity contribution in [1.82, 2.24) is 19.1 Å². The summed E-state index contributed by atoms with van der Waals surface area (Å²) in [6.45, 7) is 0. The fraction of sp³-hybridized carbons (Fsp3) is 0. The Balaban J connectivity index is 1.05. The van der Waals surface area contributed by atoms with E-state index in [0.717, 1.165) is 33.7 Å². The zero-order valence-electron chi connectivity index (χ0n) is 29.1. The molecule has 250 valence electrons. The lowest BCUT2D eigenvalue weighted by molar-refractivity contribution is 1.18. The molecule has 0 aliphatic heterocycles. The number of pyridine rings is 2. The van der Waals surface area contributed by atoms with Crippen LogP contribution in [-0.4, -0.2) is 19.1 Å². The van der Waals surface area contributed by atoms with Gasteiger partial charge in [-0.25, -0.2) is 4.98 Å². The second-order valence-corrected chi connectivity index (χ2v) is 14.2. The zero-order valence-corrected chi connectivity index (χ0v) is 29.1. The van der Waals surface area contributed by atoms with E-state index in [0.29, 0.717) is 0 Å². The molecule has 4 aromatic heterocycles. The van der Waals surface area contributed by atoms with Crippen molar-refractivity contribution in [2.24, 2.45) is 0 Å². The molecule has 4 heteroatoms. The largest absolute Gasteiger partial charge is 0.309 e. The van der Waals surface area contributed by atoms with Gasteiger partial charge in [-0.15, -0.1) is 0 Å². The monoisotopic (exact) mass is 686 g/mol. The smallest absolute Gasteiger partial charge is 0.0815 e. The van der Waals surface area contributed by atoms with E-state index >= 15 is 0 Å². The van der Waals surface area contributed by atoms with Crippen molar-refractivity contribution in [3.8, 4) is 56.1 Å². The van der Waals surface area contributed by atoms with Crippen LogP contribution in [0.3, 0.4) is 0 Å². The lowest BCUT2D eigenvalue weighted by atomic mass is 10.00. The Kier molecular flexibility index (Phi) is 6.02. The third kappa shape index (κ3) is 4.13. The van der Waals surface area contributed by atoms with Gasteiger partial charge in [0.05, 0.1) is 33.5 Å². The van der Waals surface area contributed by atoms with Gasteiger partial charge in [-0.2, -0.15) is 0 Å². The molecular weight excluding hydrogens is 657 g/mol. The van der Waals surface area contributed by atoms with Crippen molar-refractivity contribution in [1.29, 1.82) is 0 Å². The first kappa shape index (κ1) is 29.3. The summed E-state index contributed by atoms with van der Waals surface area (Å²) >= 11 is 0. The van der Waals surface area contributed by atoms with E-state index < -0.39 is 0 Å². The summed E-state index contributed by atoms with van der Waals surface area (Å²) < 4.78 is 4.77. The Hall–Kier alpha value is -7.30. The summed E-state index contributed by atoms with van der Waals surface area (Å²) in [5.41, 5.74) is 16.0. The standard InChI is InChI=1S/C50H30N4/c1-3-11-35(12-4-1)53-45-17-8-7-15-38(45)41-26-31(19-22-46(41)53)32-20-23-47-42(27-32)39-21-18-33(29-48(39)54(47)36-13-5-2-6-14-36)44-28-34-10-9-16-40-37-24-25-51-30-43(37)50(52-44)49(34)40/h1-30H. The van der Waals surface area contributed by atoms with Gasteiger partial charge >= 0.3 is 0 Å². The van der Waals surface area contributed by atoms with Crippen LogP contribution in [0.2, 0.25) is 0 Å².